The molecule has 0 radical (unpaired) electrons. The minimum Gasteiger partial charge on any atom is -0.481 e. The zero-order chi connectivity index (χ0) is 45.0. The Morgan fingerprint density at radius 1 is 0.839 bits per heavy atom. The number of carbonyl (C=O) groups excluding carboxylic acids is 3. The van der Waals surface area contributed by atoms with Gasteiger partial charge < -0.3 is 15.2 Å². The molecule has 0 spiro atoms. The molecule has 1 aromatic rings. The second kappa shape index (κ2) is 15.5. The lowest BCUT2D eigenvalue weighted by Gasteiger charge is -2.72. The normalized spacial score (nSPS) is 39.4. The Labute approximate surface area is 371 Å². The maximum atomic E-state index is 14.2. The number of Topliss-reactive ketones (excluding diaryl/α,β-unsaturated/α-hetero) is 1. The van der Waals surface area contributed by atoms with E-state index in [-0.39, 0.29) is 68.4 Å². The summed E-state index contributed by atoms with van der Waals surface area (Å²) < 4.78 is 30.2. The van der Waals surface area contributed by atoms with Gasteiger partial charge in [0.1, 0.15) is 6.10 Å². The van der Waals surface area contributed by atoms with Gasteiger partial charge in [0, 0.05) is 49.0 Å². The molecule has 6 aliphatic carbocycles. The molecule has 5 saturated carbocycles. The van der Waals surface area contributed by atoms with Crippen LogP contribution in [0.3, 0.4) is 0 Å². The maximum Gasteiger partial charge on any atom is 0.309 e. The van der Waals surface area contributed by atoms with Crippen molar-refractivity contribution in [2.24, 2.45) is 68.0 Å². The van der Waals surface area contributed by atoms with Crippen molar-refractivity contribution in [3.05, 3.63) is 46.5 Å². The third kappa shape index (κ3) is 7.15. The zero-order valence-corrected chi connectivity index (χ0v) is 39.8. The van der Waals surface area contributed by atoms with Gasteiger partial charge in [-0.1, -0.05) is 80.0 Å². The van der Waals surface area contributed by atoms with E-state index in [1.165, 1.54) is 5.57 Å². The molecule has 342 valence electrons. The molecule has 0 bridgehead atoms. The Morgan fingerprint density at radius 2 is 1.52 bits per heavy atom. The monoisotopic (exact) mass is 875 g/mol. The topological polar surface area (TPSA) is 147 Å². The van der Waals surface area contributed by atoms with Crippen molar-refractivity contribution >= 4 is 33.5 Å². The number of esters is 1. The molecule has 10 nitrogen and oxygen atoms in total. The summed E-state index contributed by atoms with van der Waals surface area (Å²) in [5.41, 5.74) is 3.22. The molecule has 11 heteroatoms. The summed E-state index contributed by atoms with van der Waals surface area (Å²) in [5.74, 6) is -0.0522. The quantitative estimate of drug-likeness (QED) is 0.221. The number of carboxylic acid groups (broad SMARTS) is 1. The van der Waals surface area contributed by atoms with Crippen LogP contribution in [0.25, 0.3) is 0 Å². The predicted octanol–water partition coefficient (Wildman–Crippen LogP) is 8.68. The number of aliphatic carboxylic acids is 1. The Morgan fingerprint density at radius 3 is 2.15 bits per heavy atom. The van der Waals surface area contributed by atoms with Gasteiger partial charge in [0.2, 0.25) is 0 Å². The number of sulfone groups is 1. The number of ketones is 1. The van der Waals surface area contributed by atoms with Crippen LogP contribution in [0.1, 0.15) is 149 Å². The van der Waals surface area contributed by atoms with Crippen LogP contribution >= 0.6 is 0 Å². The van der Waals surface area contributed by atoms with Gasteiger partial charge in [-0.2, -0.15) is 0 Å². The highest BCUT2D eigenvalue weighted by Crippen LogP contribution is 2.77. The first-order valence-corrected chi connectivity index (χ1v) is 25.7. The van der Waals surface area contributed by atoms with E-state index in [4.69, 9.17) is 4.74 Å². The van der Waals surface area contributed by atoms with Crippen LogP contribution in [-0.2, 0) is 35.5 Å². The van der Waals surface area contributed by atoms with E-state index in [2.05, 4.69) is 58.7 Å². The number of fused-ring (bicyclic) bond motifs is 7. The number of nitrogens with zero attached hydrogens (tertiary/aromatic N) is 1. The number of amides is 1. The summed E-state index contributed by atoms with van der Waals surface area (Å²) in [5, 5.41) is 12.9. The maximum absolute atomic E-state index is 14.2. The highest BCUT2D eigenvalue weighted by Gasteiger charge is 2.70. The van der Waals surface area contributed by atoms with Gasteiger partial charge in [-0.25, -0.2) is 8.42 Å². The first-order chi connectivity index (χ1) is 28.9. The molecule has 1 amide bonds. The number of carbonyl (C=O) groups is 4. The van der Waals surface area contributed by atoms with Crippen molar-refractivity contribution in [1.82, 2.24) is 10.2 Å². The number of ether oxygens (including phenoxy) is 1. The molecule has 7 aliphatic rings. The van der Waals surface area contributed by atoms with E-state index in [9.17, 15) is 32.7 Å². The molecule has 1 heterocycles. The standard InChI is InChI=1S/C51H74N2O8S/c1-31(2)41-37(54)29-51(22-23-52-43(55)33-12-10-32(11-13-33)30-53-24-26-62(59,60)27-25-53)21-20-49(8)34(42(41)51)14-15-39-48(7)18-17-40(47(5,6)38(48)16-19-50(39,49)9)61-45(58)36-28-35(44(56)57)46(36,3)4/h10-13,31,34-36,38-40H,14-30H2,1-9H3,(H,52,55)(H,56,57)/t34-,35+,36-,38+,39-,40+,48+,49-,50-,51-/m1/s1. The Kier molecular flexibility index (Phi) is 11.4. The molecule has 62 heavy (non-hydrogen) atoms. The van der Waals surface area contributed by atoms with Gasteiger partial charge in [0.25, 0.3) is 5.91 Å². The Bertz CT molecular complexity index is 2130. The smallest absolute Gasteiger partial charge is 0.309 e. The highest BCUT2D eigenvalue weighted by molar-refractivity contribution is 7.91. The number of carboxylic acids is 1. The highest BCUT2D eigenvalue weighted by atomic mass is 32.2. The van der Waals surface area contributed by atoms with E-state index in [0.717, 1.165) is 68.9 Å². The third-order valence-corrected chi connectivity index (χ3v) is 21.2. The second-order valence-corrected chi connectivity index (χ2v) is 25.7. The first-order valence-electron chi connectivity index (χ1n) is 23.9. The number of allylic oxidation sites excluding steroid dienone is 2. The number of nitrogens with one attached hydrogen (secondary N) is 1. The van der Waals surface area contributed by atoms with E-state index in [0.29, 0.717) is 68.1 Å². The fourth-order valence-corrected chi connectivity index (χ4v) is 16.9. The summed E-state index contributed by atoms with van der Waals surface area (Å²) in [4.78, 5) is 55.3. The summed E-state index contributed by atoms with van der Waals surface area (Å²) in [7, 11) is -2.94. The zero-order valence-electron chi connectivity index (χ0n) is 39.0. The Hall–Kier alpha value is -3.05. The van der Waals surface area contributed by atoms with Crippen molar-refractivity contribution in [2.45, 2.75) is 146 Å². The fraction of sp³-hybridized carbons (Fsp3) is 0.765. The van der Waals surface area contributed by atoms with Crippen LogP contribution in [0, 0.1) is 68.0 Å². The minimum absolute atomic E-state index is 0.0187. The molecule has 0 aromatic heterocycles. The van der Waals surface area contributed by atoms with Gasteiger partial charge in [0.05, 0.1) is 23.3 Å². The van der Waals surface area contributed by atoms with Crippen LogP contribution in [0.5, 0.6) is 0 Å². The van der Waals surface area contributed by atoms with Crippen molar-refractivity contribution < 1.29 is 37.4 Å². The summed E-state index contributed by atoms with van der Waals surface area (Å²) >= 11 is 0. The average Bonchev–Trinajstić information content (AvgIpc) is 3.48. The molecule has 1 aromatic carbocycles. The van der Waals surface area contributed by atoms with Crippen molar-refractivity contribution in [3.8, 4) is 0 Å². The van der Waals surface area contributed by atoms with Gasteiger partial charge in [-0.3, -0.25) is 24.1 Å². The number of benzene rings is 1. The molecule has 10 atom stereocenters. The molecule has 0 unspecified atom stereocenters. The molecule has 1 aliphatic heterocycles. The lowest BCUT2D eigenvalue weighted by Crippen LogP contribution is -2.66. The number of hydrogen-bond acceptors (Lipinski definition) is 8. The van der Waals surface area contributed by atoms with E-state index in [1.807, 2.05) is 38.1 Å². The summed E-state index contributed by atoms with van der Waals surface area (Å²) in [6.07, 6.45) is 9.61. The molecule has 2 N–H and O–H groups in total. The van der Waals surface area contributed by atoms with Gasteiger partial charge in [-0.05, 0) is 133 Å². The number of rotatable bonds is 10. The van der Waals surface area contributed by atoms with Crippen LogP contribution in [0.15, 0.2) is 35.4 Å². The predicted molar refractivity (Wildman–Crippen MR) is 240 cm³/mol. The molecule has 1 saturated heterocycles. The van der Waals surface area contributed by atoms with Gasteiger partial charge in [-0.15, -0.1) is 0 Å². The minimum atomic E-state index is -2.94. The second-order valence-electron chi connectivity index (χ2n) is 23.4. The summed E-state index contributed by atoms with van der Waals surface area (Å²) in [6.45, 7) is 22.7. The lowest BCUT2D eigenvalue weighted by atomic mass is 9.33. The first kappa shape index (κ1) is 45.5. The van der Waals surface area contributed by atoms with Crippen molar-refractivity contribution in [1.29, 1.82) is 0 Å². The Balaban J connectivity index is 0.960. The largest absolute Gasteiger partial charge is 0.481 e. The van der Waals surface area contributed by atoms with Crippen LogP contribution in [-0.4, -0.2) is 79.3 Å². The lowest BCUT2D eigenvalue weighted by molar-refractivity contribution is -0.236. The molecular weight excluding hydrogens is 801 g/mol. The average molecular weight is 875 g/mol. The van der Waals surface area contributed by atoms with Gasteiger partial charge >= 0.3 is 11.9 Å². The molecule has 6 fully saturated rings. The van der Waals surface area contributed by atoms with Crippen molar-refractivity contribution in [2.75, 3.05) is 31.1 Å². The summed E-state index contributed by atoms with van der Waals surface area (Å²) in [6, 6.07) is 7.65. The van der Waals surface area contributed by atoms with E-state index in [1.54, 1.807) is 0 Å². The third-order valence-electron chi connectivity index (χ3n) is 19.6. The van der Waals surface area contributed by atoms with Crippen LogP contribution < -0.4 is 5.32 Å². The fourth-order valence-electron chi connectivity index (χ4n) is 15.6. The number of hydrogen-bond donors (Lipinski definition) is 2. The van der Waals surface area contributed by atoms with E-state index < -0.39 is 27.1 Å². The molecular formula is C51H74N2O8S. The SMILES string of the molecule is CC(C)C1=C2[C@H]3CC[C@@H]4[C@@]5(C)CC[C@H](OC(=O)[C@H]6C[C@@H](C(=O)O)C6(C)C)C(C)(C)[C@@H]5CC[C@@]4(C)[C@]3(C)CC[C@@]2(CCNC(=O)c2ccc(CN3CCS(=O)(=O)CC3)cc2)CC1=O. The van der Waals surface area contributed by atoms with Crippen LogP contribution in [0.4, 0.5) is 0 Å². The van der Waals surface area contributed by atoms with E-state index >= 15 is 0 Å². The van der Waals surface area contributed by atoms with Gasteiger partial charge in [0.15, 0.2) is 15.6 Å². The van der Waals surface area contributed by atoms with Crippen LogP contribution in [0.2, 0.25) is 0 Å². The van der Waals surface area contributed by atoms with Crippen molar-refractivity contribution in [3.63, 3.8) is 0 Å². The molecule has 8 rings (SSSR count).